The molecule has 1 aromatic rings. The smallest absolute Gasteiger partial charge is 0.325 e. The van der Waals surface area contributed by atoms with Crippen LogP contribution in [0.3, 0.4) is 0 Å². The molecule has 0 aromatic carbocycles. The molecule has 1 unspecified atom stereocenters. The number of nitrogens with two attached hydrogens (primary N) is 1. The van der Waals surface area contributed by atoms with Crippen LogP contribution in [0.2, 0.25) is 0 Å². The van der Waals surface area contributed by atoms with Crippen LogP contribution < -0.4 is 5.73 Å². The molecule has 2 rings (SSSR count). The zero-order chi connectivity index (χ0) is 12.6. The highest BCUT2D eigenvalue weighted by Gasteiger charge is 2.43. The lowest BCUT2D eigenvalue weighted by Gasteiger charge is -2.19. The normalized spacial score (nSPS) is 24.0. The van der Waals surface area contributed by atoms with Crippen LogP contribution in [0.1, 0.15) is 17.0 Å². The van der Waals surface area contributed by atoms with Crippen molar-refractivity contribution in [2.24, 2.45) is 12.8 Å². The number of carbonyl (C=O) groups excluding carboxylic acids is 1. The summed E-state index contributed by atoms with van der Waals surface area (Å²) in [6.07, 6.45) is 3.45. The number of amides is 1. The van der Waals surface area contributed by atoms with E-state index in [9.17, 15) is 9.59 Å². The van der Waals surface area contributed by atoms with E-state index < -0.39 is 11.5 Å². The first-order valence-corrected chi connectivity index (χ1v) is 5.23. The summed E-state index contributed by atoms with van der Waals surface area (Å²) in [5.74, 6) is -1.07. The number of rotatable bonds is 2. The fourth-order valence-electron chi connectivity index (χ4n) is 1.89. The van der Waals surface area contributed by atoms with E-state index in [1.807, 2.05) is 0 Å². The Morgan fingerprint density at radius 2 is 2.29 bits per heavy atom. The summed E-state index contributed by atoms with van der Waals surface area (Å²) in [7, 11) is 1.71. The Labute approximate surface area is 97.8 Å². The van der Waals surface area contributed by atoms with Gasteiger partial charge in [0.05, 0.1) is 0 Å². The number of carboxylic acids is 1. The van der Waals surface area contributed by atoms with Crippen LogP contribution in [0.15, 0.2) is 12.4 Å². The topological polar surface area (TPSA) is 101 Å². The monoisotopic (exact) mass is 238 g/mol. The molecule has 0 aliphatic carbocycles. The molecule has 2 heterocycles. The van der Waals surface area contributed by atoms with Gasteiger partial charge in [-0.2, -0.15) is 0 Å². The molecular formula is C10H14N4O3. The quantitative estimate of drug-likeness (QED) is 0.691. The molecule has 17 heavy (non-hydrogen) atoms. The SMILES string of the molecule is Cn1ccnc1C(=O)N1CCC(N)(C(=O)O)C1. The van der Waals surface area contributed by atoms with Gasteiger partial charge in [0.25, 0.3) is 5.91 Å². The van der Waals surface area contributed by atoms with Crippen molar-refractivity contribution in [2.45, 2.75) is 12.0 Å². The Balaban J connectivity index is 2.15. The predicted molar refractivity (Wildman–Crippen MR) is 58.3 cm³/mol. The third-order valence-electron chi connectivity index (χ3n) is 3.03. The fraction of sp³-hybridized carbons (Fsp3) is 0.500. The van der Waals surface area contributed by atoms with Crippen molar-refractivity contribution in [3.8, 4) is 0 Å². The first kappa shape index (κ1) is 11.6. The molecule has 1 atom stereocenters. The highest BCUT2D eigenvalue weighted by Crippen LogP contribution is 2.20. The molecule has 92 valence electrons. The highest BCUT2D eigenvalue weighted by atomic mass is 16.4. The van der Waals surface area contributed by atoms with Gasteiger partial charge in [0.2, 0.25) is 0 Å². The number of nitrogens with zero attached hydrogens (tertiary/aromatic N) is 3. The maximum Gasteiger partial charge on any atom is 0.325 e. The molecular weight excluding hydrogens is 224 g/mol. The fourth-order valence-corrected chi connectivity index (χ4v) is 1.89. The Morgan fingerprint density at radius 3 is 2.76 bits per heavy atom. The molecule has 0 saturated carbocycles. The number of hydrogen-bond donors (Lipinski definition) is 2. The average Bonchev–Trinajstić information content (AvgIpc) is 2.85. The molecule has 0 bridgehead atoms. The van der Waals surface area contributed by atoms with Gasteiger partial charge in [-0.1, -0.05) is 0 Å². The lowest BCUT2D eigenvalue weighted by Crippen LogP contribution is -2.50. The number of carbonyl (C=O) groups is 2. The van der Waals surface area contributed by atoms with Crippen LogP contribution in [0.25, 0.3) is 0 Å². The lowest BCUT2D eigenvalue weighted by atomic mass is 10.0. The Bertz CT molecular complexity index is 470. The molecule has 1 aliphatic rings. The number of hydrogen-bond acceptors (Lipinski definition) is 4. The molecule has 7 heteroatoms. The van der Waals surface area contributed by atoms with Gasteiger partial charge < -0.3 is 20.3 Å². The van der Waals surface area contributed by atoms with Crippen LogP contribution >= 0.6 is 0 Å². The molecule has 0 radical (unpaired) electrons. The van der Waals surface area contributed by atoms with Crippen molar-refractivity contribution in [3.63, 3.8) is 0 Å². The van der Waals surface area contributed by atoms with Gasteiger partial charge in [-0.3, -0.25) is 9.59 Å². The van der Waals surface area contributed by atoms with Gasteiger partial charge in [0.15, 0.2) is 5.82 Å². The second-order valence-corrected chi connectivity index (χ2v) is 4.30. The summed E-state index contributed by atoms with van der Waals surface area (Å²) >= 11 is 0. The molecule has 1 aromatic heterocycles. The van der Waals surface area contributed by atoms with Crippen molar-refractivity contribution < 1.29 is 14.7 Å². The summed E-state index contributed by atoms with van der Waals surface area (Å²) in [6.45, 7) is 0.364. The molecule has 7 nitrogen and oxygen atoms in total. The number of aryl methyl sites for hydroxylation is 1. The zero-order valence-electron chi connectivity index (χ0n) is 9.46. The van der Waals surface area contributed by atoms with Crippen LogP contribution in [0.4, 0.5) is 0 Å². The van der Waals surface area contributed by atoms with Gasteiger partial charge in [-0.05, 0) is 6.42 Å². The summed E-state index contributed by atoms with van der Waals surface area (Å²) in [5, 5.41) is 8.97. The summed E-state index contributed by atoms with van der Waals surface area (Å²) in [4.78, 5) is 28.4. The van der Waals surface area contributed by atoms with Crippen molar-refractivity contribution in [1.29, 1.82) is 0 Å². The van der Waals surface area contributed by atoms with Gasteiger partial charge in [0, 0.05) is 32.5 Å². The van der Waals surface area contributed by atoms with Gasteiger partial charge in [0.1, 0.15) is 5.54 Å². The number of aliphatic carboxylic acids is 1. The first-order valence-electron chi connectivity index (χ1n) is 5.23. The van der Waals surface area contributed by atoms with E-state index in [-0.39, 0.29) is 18.9 Å². The minimum absolute atomic E-state index is 0.0219. The van der Waals surface area contributed by atoms with Gasteiger partial charge in [-0.25, -0.2) is 4.98 Å². The van der Waals surface area contributed by atoms with E-state index in [4.69, 9.17) is 10.8 Å². The Morgan fingerprint density at radius 1 is 1.59 bits per heavy atom. The summed E-state index contributed by atoms with van der Waals surface area (Å²) in [6, 6.07) is 0. The van der Waals surface area contributed by atoms with Crippen LogP contribution in [0, 0.1) is 0 Å². The number of carboxylic acid groups (broad SMARTS) is 1. The summed E-state index contributed by atoms with van der Waals surface area (Å²) in [5.41, 5.74) is 4.37. The zero-order valence-corrected chi connectivity index (χ0v) is 9.46. The maximum absolute atomic E-state index is 12.0. The molecule has 1 saturated heterocycles. The number of aromatic nitrogens is 2. The van der Waals surface area contributed by atoms with E-state index in [1.165, 1.54) is 11.1 Å². The Hall–Kier alpha value is -1.89. The Kier molecular flexibility index (Phi) is 2.62. The third-order valence-corrected chi connectivity index (χ3v) is 3.03. The maximum atomic E-state index is 12.0. The van der Waals surface area contributed by atoms with E-state index in [2.05, 4.69) is 4.98 Å². The average molecular weight is 238 g/mol. The summed E-state index contributed by atoms with van der Waals surface area (Å²) < 4.78 is 1.60. The van der Waals surface area contributed by atoms with Crippen LogP contribution in [0.5, 0.6) is 0 Å². The van der Waals surface area contributed by atoms with Crippen LogP contribution in [-0.4, -0.2) is 50.1 Å². The van der Waals surface area contributed by atoms with E-state index in [1.54, 1.807) is 17.8 Å². The highest BCUT2D eigenvalue weighted by molar-refractivity contribution is 5.92. The first-order chi connectivity index (χ1) is 7.94. The second-order valence-electron chi connectivity index (χ2n) is 4.30. The number of imidazole rings is 1. The lowest BCUT2D eigenvalue weighted by molar-refractivity contribution is -0.142. The third kappa shape index (κ3) is 1.89. The van der Waals surface area contributed by atoms with Crippen molar-refractivity contribution in [3.05, 3.63) is 18.2 Å². The molecule has 3 N–H and O–H groups in total. The molecule has 1 fully saturated rings. The van der Waals surface area contributed by atoms with Gasteiger partial charge >= 0.3 is 5.97 Å². The van der Waals surface area contributed by atoms with Crippen molar-refractivity contribution in [1.82, 2.24) is 14.5 Å². The van der Waals surface area contributed by atoms with E-state index in [0.717, 1.165) is 0 Å². The number of likely N-dealkylation sites (tertiary alicyclic amines) is 1. The predicted octanol–water partition coefficient (Wildman–Crippen LogP) is -0.952. The largest absolute Gasteiger partial charge is 0.480 e. The standard InChI is InChI=1S/C10H14N4O3/c1-13-5-3-12-7(13)8(15)14-4-2-10(11,6-14)9(16)17/h3,5H,2,4,6,11H2,1H3,(H,16,17). The second kappa shape index (κ2) is 3.85. The molecule has 0 spiro atoms. The van der Waals surface area contributed by atoms with Crippen molar-refractivity contribution in [2.75, 3.05) is 13.1 Å². The molecule has 1 amide bonds. The molecule has 1 aliphatic heterocycles. The van der Waals surface area contributed by atoms with Gasteiger partial charge in [-0.15, -0.1) is 0 Å². The van der Waals surface area contributed by atoms with E-state index in [0.29, 0.717) is 12.4 Å². The minimum atomic E-state index is -1.33. The van der Waals surface area contributed by atoms with Crippen molar-refractivity contribution >= 4 is 11.9 Å². The van der Waals surface area contributed by atoms with E-state index >= 15 is 0 Å². The van der Waals surface area contributed by atoms with Crippen LogP contribution in [-0.2, 0) is 11.8 Å². The minimum Gasteiger partial charge on any atom is -0.480 e.